The third-order valence-electron chi connectivity index (χ3n) is 5.37. The van der Waals surface area contributed by atoms with Crippen LogP contribution in [-0.2, 0) is 9.47 Å². The van der Waals surface area contributed by atoms with Gasteiger partial charge in [0.1, 0.15) is 0 Å². The Morgan fingerprint density at radius 1 is 0.571 bits per heavy atom. The smallest absolute Gasteiger partial charge is 0.0934 e. The number of hydrogen-bond acceptors (Lipinski definition) is 3. The van der Waals surface area contributed by atoms with E-state index in [9.17, 15) is 0 Å². The molecule has 0 fully saturated rings. The highest BCUT2D eigenvalue weighted by molar-refractivity contribution is 4.61. The number of rotatable bonds is 23. The second-order valence-electron chi connectivity index (χ2n) is 8.78. The Hall–Kier alpha value is -0.120. The van der Waals surface area contributed by atoms with Gasteiger partial charge in [0, 0.05) is 19.8 Å². The minimum absolute atomic E-state index is 0.216. The number of hydrogen-bond donors (Lipinski definition) is 0. The van der Waals surface area contributed by atoms with Crippen LogP contribution in [0.1, 0.15) is 117 Å². The molecule has 0 bridgehead atoms. The molecule has 0 heterocycles. The summed E-state index contributed by atoms with van der Waals surface area (Å²) < 4.78 is 12.0. The van der Waals surface area contributed by atoms with E-state index in [1.807, 2.05) is 0 Å². The molecule has 0 aliphatic heterocycles. The molecule has 170 valence electrons. The molecule has 0 saturated heterocycles. The molecule has 0 aromatic carbocycles. The van der Waals surface area contributed by atoms with Gasteiger partial charge in [-0.2, -0.15) is 0 Å². The van der Waals surface area contributed by atoms with Crippen LogP contribution in [0, 0.1) is 0 Å². The lowest BCUT2D eigenvalue weighted by molar-refractivity contribution is -0.0287. The monoisotopic (exact) mass is 399 g/mol. The summed E-state index contributed by atoms with van der Waals surface area (Å²) in [6, 6.07) is 0. The van der Waals surface area contributed by atoms with Crippen molar-refractivity contribution in [2.45, 2.75) is 123 Å². The van der Waals surface area contributed by atoms with E-state index in [2.05, 4.69) is 32.8 Å². The standard InChI is InChI=1S/C25H53NO2/c1-5-7-9-11-13-15-17-19-21-27-24-25(23-26(3)4)28-22-20-18-16-14-12-10-8-6-2/h25H,5-24H2,1-4H3/t25-/m0/s1. The lowest BCUT2D eigenvalue weighted by Crippen LogP contribution is -2.32. The fourth-order valence-electron chi connectivity index (χ4n) is 3.60. The fraction of sp³-hybridized carbons (Fsp3) is 1.00. The summed E-state index contributed by atoms with van der Waals surface area (Å²) in [4.78, 5) is 2.21. The lowest BCUT2D eigenvalue weighted by Gasteiger charge is -2.21. The molecule has 28 heavy (non-hydrogen) atoms. The van der Waals surface area contributed by atoms with Gasteiger partial charge in [0.05, 0.1) is 12.7 Å². The third-order valence-corrected chi connectivity index (χ3v) is 5.37. The van der Waals surface area contributed by atoms with Crippen LogP contribution in [-0.4, -0.2) is 51.5 Å². The van der Waals surface area contributed by atoms with E-state index in [0.717, 1.165) is 26.4 Å². The maximum atomic E-state index is 6.11. The Bertz CT molecular complexity index is 284. The predicted octanol–water partition coefficient (Wildman–Crippen LogP) is 7.23. The van der Waals surface area contributed by atoms with Crippen LogP contribution in [0.5, 0.6) is 0 Å². The zero-order valence-corrected chi connectivity index (χ0v) is 20.0. The number of ether oxygens (including phenoxy) is 2. The molecular weight excluding hydrogens is 346 g/mol. The van der Waals surface area contributed by atoms with E-state index in [1.165, 1.54) is 103 Å². The average Bonchev–Trinajstić information content (AvgIpc) is 2.67. The molecule has 0 aliphatic rings. The van der Waals surface area contributed by atoms with Gasteiger partial charge in [-0.1, -0.05) is 104 Å². The van der Waals surface area contributed by atoms with Gasteiger partial charge in [-0.3, -0.25) is 0 Å². The van der Waals surface area contributed by atoms with Crippen molar-refractivity contribution in [2.75, 3.05) is 40.5 Å². The van der Waals surface area contributed by atoms with Gasteiger partial charge in [-0.15, -0.1) is 0 Å². The molecule has 0 rings (SSSR count). The molecule has 0 N–H and O–H groups in total. The summed E-state index contributed by atoms with van der Waals surface area (Å²) in [5, 5.41) is 0. The predicted molar refractivity (Wildman–Crippen MR) is 124 cm³/mol. The van der Waals surface area contributed by atoms with Gasteiger partial charge < -0.3 is 14.4 Å². The SMILES string of the molecule is CCCCCCCCCCOC[C@H](CN(C)C)OCCCCCCCCCC. The molecule has 0 radical (unpaired) electrons. The van der Waals surface area contributed by atoms with Crippen LogP contribution in [0.2, 0.25) is 0 Å². The van der Waals surface area contributed by atoms with E-state index in [1.54, 1.807) is 0 Å². The molecule has 0 spiro atoms. The first-order valence-electron chi connectivity index (χ1n) is 12.5. The van der Waals surface area contributed by atoms with Crippen LogP contribution >= 0.6 is 0 Å². The van der Waals surface area contributed by atoms with Crippen molar-refractivity contribution in [3.8, 4) is 0 Å². The normalized spacial score (nSPS) is 12.8. The Balaban J connectivity index is 3.55. The molecular formula is C25H53NO2. The molecule has 0 unspecified atom stereocenters. The highest BCUT2D eigenvalue weighted by Gasteiger charge is 2.10. The Morgan fingerprint density at radius 2 is 1.00 bits per heavy atom. The van der Waals surface area contributed by atoms with Crippen molar-refractivity contribution in [1.29, 1.82) is 0 Å². The van der Waals surface area contributed by atoms with Gasteiger partial charge in [0.15, 0.2) is 0 Å². The van der Waals surface area contributed by atoms with Crippen molar-refractivity contribution in [1.82, 2.24) is 4.90 Å². The zero-order chi connectivity index (χ0) is 20.7. The van der Waals surface area contributed by atoms with Crippen molar-refractivity contribution in [3.05, 3.63) is 0 Å². The molecule has 0 aliphatic carbocycles. The van der Waals surface area contributed by atoms with Crippen LogP contribution in [0.4, 0.5) is 0 Å². The van der Waals surface area contributed by atoms with Crippen LogP contribution < -0.4 is 0 Å². The van der Waals surface area contributed by atoms with Crippen LogP contribution in [0.25, 0.3) is 0 Å². The third kappa shape index (κ3) is 22.2. The maximum absolute atomic E-state index is 6.11. The highest BCUT2D eigenvalue weighted by Crippen LogP contribution is 2.10. The summed E-state index contributed by atoms with van der Waals surface area (Å²) in [6.07, 6.45) is 21.8. The molecule has 0 aromatic heterocycles. The molecule has 3 heteroatoms. The van der Waals surface area contributed by atoms with Gasteiger partial charge in [-0.05, 0) is 26.9 Å². The van der Waals surface area contributed by atoms with E-state index in [4.69, 9.17) is 9.47 Å². The Kier molecular flexibility index (Phi) is 23.1. The first-order chi connectivity index (χ1) is 13.7. The highest BCUT2D eigenvalue weighted by atomic mass is 16.5. The van der Waals surface area contributed by atoms with E-state index >= 15 is 0 Å². The number of unbranched alkanes of at least 4 members (excludes halogenated alkanes) is 14. The summed E-state index contributed by atoms with van der Waals surface area (Å²) in [7, 11) is 4.23. The first-order valence-corrected chi connectivity index (χ1v) is 12.5. The number of likely N-dealkylation sites (N-methyl/N-ethyl adjacent to an activating group) is 1. The van der Waals surface area contributed by atoms with Crippen molar-refractivity contribution in [3.63, 3.8) is 0 Å². The summed E-state index contributed by atoms with van der Waals surface area (Å²) in [6.45, 7) is 8.02. The topological polar surface area (TPSA) is 21.7 Å². The quantitative estimate of drug-likeness (QED) is 0.169. The molecule has 0 saturated carbocycles. The first kappa shape index (κ1) is 27.9. The van der Waals surface area contributed by atoms with Gasteiger partial charge in [0.2, 0.25) is 0 Å². The second kappa shape index (κ2) is 23.2. The van der Waals surface area contributed by atoms with Gasteiger partial charge in [0.25, 0.3) is 0 Å². The van der Waals surface area contributed by atoms with Crippen molar-refractivity contribution in [2.24, 2.45) is 0 Å². The van der Waals surface area contributed by atoms with Crippen LogP contribution in [0.15, 0.2) is 0 Å². The Morgan fingerprint density at radius 3 is 1.46 bits per heavy atom. The summed E-state index contributed by atoms with van der Waals surface area (Å²) in [5.74, 6) is 0. The minimum Gasteiger partial charge on any atom is -0.379 e. The van der Waals surface area contributed by atoms with Gasteiger partial charge >= 0.3 is 0 Å². The minimum atomic E-state index is 0.216. The van der Waals surface area contributed by atoms with E-state index in [0.29, 0.717) is 0 Å². The van der Waals surface area contributed by atoms with Crippen molar-refractivity contribution >= 4 is 0 Å². The second-order valence-corrected chi connectivity index (χ2v) is 8.78. The van der Waals surface area contributed by atoms with Gasteiger partial charge in [-0.25, -0.2) is 0 Å². The van der Waals surface area contributed by atoms with Crippen molar-refractivity contribution < 1.29 is 9.47 Å². The average molecular weight is 400 g/mol. The van der Waals surface area contributed by atoms with E-state index < -0.39 is 0 Å². The summed E-state index contributed by atoms with van der Waals surface area (Å²) in [5.41, 5.74) is 0. The van der Waals surface area contributed by atoms with Crippen LogP contribution in [0.3, 0.4) is 0 Å². The number of nitrogens with zero attached hydrogens (tertiary/aromatic N) is 1. The Labute approximate surface area is 177 Å². The molecule has 3 nitrogen and oxygen atoms in total. The lowest BCUT2D eigenvalue weighted by atomic mass is 10.1. The largest absolute Gasteiger partial charge is 0.379 e. The zero-order valence-electron chi connectivity index (χ0n) is 20.0. The fourth-order valence-corrected chi connectivity index (χ4v) is 3.60. The molecule has 0 aromatic rings. The molecule has 0 amide bonds. The molecule has 1 atom stereocenters. The summed E-state index contributed by atoms with van der Waals surface area (Å²) >= 11 is 0. The maximum Gasteiger partial charge on any atom is 0.0934 e. The van der Waals surface area contributed by atoms with E-state index in [-0.39, 0.29) is 6.10 Å².